The number of likely N-dealkylation sites (tertiary alicyclic amines) is 1. The summed E-state index contributed by atoms with van der Waals surface area (Å²) >= 11 is 0. The van der Waals surface area contributed by atoms with E-state index in [0.29, 0.717) is 31.4 Å². The number of nitrogens with one attached hydrogen (secondary N) is 1. The lowest BCUT2D eigenvalue weighted by molar-refractivity contribution is -0.137. The van der Waals surface area contributed by atoms with Crippen LogP contribution >= 0.6 is 0 Å². The van der Waals surface area contributed by atoms with Crippen LogP contribution < -0.4 is 10.2 Å². The minimum absolute atomic E-state index is 0.0488. The molecule has 2 aromatic heterocycles. The summed E-state index contributed by atoms with van der Waals surface area (Å²) in [6.07, 6.45) is -0.132. The molecule has 0 aliphatic carbocycles. The van der Waals surface area contributed by atoms with E-state index in [2.05, 4.69) is 15.3 Å². The molecule has 0 radical (unpaired) electrons. The fourth-order valence-corrected chi connectivity index (χ4v) is 4.60. The molecule has 0 unspecified atom stereocenters. The van der Waals surface area contributed by atoms with Crippen LogP contribution in [0, 0.1) is 0 Å². The molecule has 1 atom stereocenters. The maximum Gasteiger partial charge on any atom is 0.416 e. The van der Waals surface area contributed by atoms with Gasteiger partial charge in [0.15, 0.2) is 0 Å². The highest BCUT2D eigenvalue weighted by molar-refractivity contribution is 5.73. The first-order chi connectivity index (χ1) is 16.1. The van der Waals surface area contributed by atoms with Crippen molar-refractivity contribution < 1.29 is 22.7 Å². The summed E-state index contributed by atoms with van der Waals surface area (Å²) in [6, 6.07) is 3.65. The average molecular weight is 479 g/mol. The number of carbonyl (C=O) groups excluding carboxylic acids is 1. The van der Waals surface area contributed by atoms with E-state index in [9.17, 15) is 18.0 Å². The van der Waals surface area contributed by atoms with Crippen LogP contribution in [0.2, 0.25) is 0 Å². The number of hydrogen-bond donors (Lipinski definition) is 1. The average Bonchev–Trinajstić information content (AvgIpc) is 3.20. The van der Waals surface area contributed by atoms with Gasteiger partial charge in [-0.15, -0.1) is 0 Å². The quantitative estimate of drug-likeness (QED) is 0.685. The molecular formula is C23H29F3N6O2. The van der Waals surface area contributed by atoms with Gasteiger partial charge in [-0.2, -0.15) is 18.2 Å². The van der Waals surface area contributed by atoms with Gasteiger partial charge >= 0.3 is 6.18 Å². The Balaban J connectivity index is 1.67. The van der Waals surface area contributed by atoms with Crippen molar-refractivity contribution in [2.45, 2.75) is 57.3 Å². The Bertz CT molecular complexity index is 1040. The summed E-state index contributed by atoms with van der Waals surface area (Å²) in [5.41, 5.74) is -0.571. The van der Waals surface area contributed by atoms with Crippen molar-refractivity contribution in [3.8, 4) is 0 Å². The Morgan fingerprint density at radius 1 is 1.18 bits per heavy atom. The molecule has 0 bridgehead atoms. The van der Waals surface area contributed by atoms with Gasteiger partial charge in [-0.05, 0) is 44.7 Å². The second-order valence-electron chi connectivity index (χ2n) is 8.95. The van der Waals surface area contributed by atoms with Crippen LogP contribution in [-0.2, 0) is 15.7 Å². The third-order valence-electron chi connectivity index (χ3n) is 6.71. The van der Waals surface area contributed by atoms with Crippen molar-refractivity contribution >= 4 is 23.5 Å². The Labute approximate surface area is 196 Å². The molecule has 1 amide bonds. The highest BCUT2D eigenvalue weighted by Crippen LogP contribution is 2.36. The zero-order valence-corrected chi connectivity index (χ0v) is 19.5. The molecule has 2 fully saturated rings. The zero-order valence-electron chi connectivity index (χ0n) is 19.5. The normalized spacial score (nSPS) is 21.7. The Hall–Kier alpha value is -2.95. The third kappa shape index (κ3) is 5.08. The molecule has 34 heavy (non-hydrogen) atoms. The Morgan fingerprint density at radius 2 is 1.91 bits per heavy atom. The number of ether oxygens (including phenoxy) is 1. The topological polar surface area (TPSA) is 83.5 Å². The molecule has 4 heterocycles. The molecule has 2 aromatic rings. The first kappa shape index (κ1) is 24.2. The van der Waals surface area contributed by atoms with E-state index in [1.807, 2.05) is 16.7 Å². The summed E-state index contributed by atoms with van der Waals surface area (Å²) in [5.74, 6) is 1.03. The summed E-state index contributed by atoms with van der Waals surface area (Å²) in [7, 11) is 1.64. The highest BCUT2D eigenvalue weighted by atomic mass is 19.4. The van der Waals surface area contributed by atoms with Gasteiger partial charge in [0.1, 0.15) is 17.4 Å². The largest absolute Gasteiger partial charge is 0.416 e. The Kier molecular flexibility index (Phi) is 6.66. The summed E-state index contributed by atoms with van der Waals surface area (Å²) in [6.45, 7) is 5.51. The first-order valence-corrected chi connectivity index (χ1v) is 11.4. The maximum atomic E-state index is 13.2. The van der Waals surface area contributed by atoms with Gasteiger partial charge in [0, 0.05) is 51.8 Å². The highest BCUT2D eigenvalue weighted by Gasteiger charge is 2.39. The number of pyridine rings is 1. The predicted octanol–water partition coefficient (Wildman–Crippen LogP) is 4.32. The fourth-order valence-electron chi connectivity index (χ4n) is 4.60. The van der Waals surface area contributed by atoms with Crippen molar-refractivity contribution in [3.63, 3.8) is 0 Å². The number of halogens is 3. The lowest BCUT2D eigenvalue weighted by Crippen LogP contribution is -2.44. The molecule has 11 heteroatoms. The van der Waals surface area contributed by atoms with Crippen LogP contribution in [0.15, 0.2) is 24.4 Å². The summed E-state index contributed by atoms with van der Waals surface area (Å²) in [4.78, 5) is 29.0. The number of alkyl halides is 3. The zero-order chi connectivity index (χ0) is 24.5. The molecule has 184 valence electrons. The molecular weight excluding hydrogens is 449 g/mol. The predicted molar refractivity (Wildman–Crippen MR) is 121 cm³/mol. The van der Waals surface area contributed by atoms with Gasteiger partial charge in [-0.1, -0.05) is 0 Å². The lowest BCUT2D eigenvalue weighted by Gasteiger charge is -2.35. The number of amides is 1. The van der Waals surface area contributed by atoms with E-state index in [1.165, 1.54) is 0 Å². The minimum atomic E-state index is -4.47. The van der Waals surface area contributed by atoms with Gasteiger partial charge in [-0.25, -0.2) is 9.97 Å². The molecule has 0 spiro atoms. The second kappa shape index (κ2) is 9.36. The van der Waals surface area contributed by atoms with Gasteiger partial charge in [0.05, 0.1) is 11.3 Å². The van der Waals surface area contributed by atoms with E-state index in [-0.39, 0.29) is 17.6 Å². The molecule has 4 rings (SSSR count). The number of aromatic nitrogens is 3. The molecule has 2 aliphatic heterocycles. The molecule has 8 nitrogen and oxygen atoms in total. The summed E-state index contributed by atoms with van der Waals surface area (Å²) in [5, 5.41) is 2.94. The molecule has 2 saturated heterocycles. The van der Waals surface area contributed by atoms with Crippen LogP contribution in [0.5, 0.6) is 0 Å². The number of methoxy groups -OCH3 is 1. The van der Waals surface area contributed by atoms with E-state index in [0.717, 1.165) is 49.7 Å². The van der Waals surface area contributed by atoms with Gasteiger partial charge in [0.2, 0.25) is 11.9 Å². The SMILES string of the molecule is CO[C@]1(C)CCCN1c1nc(Nc2cc(C(F)(F)F)ccn2)cc(C2CCN(C(C)=O)CC2)n1. The van der Waals surface area contributed by atoms with E-state index in [1.54, 1.807) is 20.1 Å². The van der Waals surface area contributed by atoms with Crippen molar-refractivity contribution in [3.05, 3.63) is 35.7 Å². The van der Waals surface area contributed by atoms with Crippen LogP contribution in [0.4, 0.5) is 30.8 Å². The van der Waals surface area contributed by atoms with Gasteiger partial charge < -0.3 is 19.9 Å². The van der Waals surface area contributed by atoms with E-state index < -0.39 is 17.5 Å². The number of piperidine rings is 1. The Morgan fingerprint density at radius 3 is 2.56 bits per heavy atom. The molecule has 1 N–H and O–H groups in total. The maximum absolute atomic E-state index is 13.2. The number of nitrogens with zero attached hydrogens (tertiary/aromatic N) is 5. The van der Waals surface area contributed by atoms with Crippen LogP contribution in [-0.4, -0.2) is 58.2 Å². The van der Waals surface area contributed by atoms with Crippen LogP contribution in [0.25, 0.3) is 0 Å². The van der Waals surface area contributed by atoms with E-state index >= 15 is 0 Å². The molecule has 0 saturated carbocycles. The van der Waals surface area contributed by atoms with Gasteiger partial charge in [0.25, 0.3) is 0 Å². The molecule has 2 aliphatic rings. The molecule has 0 aromatic carbocycles. The second-order valence-corrected chi connectivity index (χ2v) is 8.95. The number of anilines is 3. The lowest BCUT2D eigenvalue weighted by atomic mass is 9.93. The van der Waals surface area contributed by atoms with Crippen LogP contribution in [0.3, 0.4) is 0 Å². The standard InChI is InChI=1S/C23H29F3N6O2/c1-15(33)31-11-6-16(7-12-31)18-14-20(29-19-13-17(5-9-27-19)23(24,25)26)30-21(28-18)32-10-4-8-22(32,2)34-3/h5,9,13-14,16H,4,6-8,10-12H2,1-3H3,(H,27,28,29,30)/t22-/m1/s1. The van der Waals surface area contributed by atoms with Crippen molar-refractivity contribution in [2.75, 3.05) is 37.0 Å². The van der Waals surface area contributed by atoms with E-state index in [4.69, 9.17) is 9.72 Å². The number of rotatable bonds is 5. The van der Waals surface area contributed by atoms with Crippen molar-refractivity contribution in [2.24, 2.45) is 0 Å². The third-order valence-corrected chi connectivity index (χ3v) is 6.71. The minimum Gasteiger partial charge on any atom is -0.359 e. The first-order valence-electron chi connectivity index (χ1n) is 11.4. The van der Waals surface area contributed by atoms with Gasteiger partial charge in [-0.3, -0.25) is 4.79 Å². The van der Waals surface area contributed by atoms with Crippen LogP contribution in [0.1, 0.15) is 56.7 Å². The summed E-state index contributed by atoms with van der Waals surface area (Å²) < 4.78 is 45.2. The smallest absolute Gasteiger partial charge is 0.359 e. The number of hydrogen-bond acceptors (Lipinski definition) is 7. The number of carbonyl (C=O) groups is 1. The monoisotopic (exact) mass is 478 g/mol. The fraction of sp³-hybridized carbons (Fsp3) is 0.565. The van der Waals surface area contributed by atoms with Crippen molar-refractivity contribution in [1.82, 2.24) is 19.9 Å². The van der Waals surface area contributed by atoms with Crippen molar-refractivity contribution in [1.29, 1.82) is 0 Å².